The first-order valence-corrected chi connectivity index (χ1v) is 10.2. The molecule has 30 heavy (non-hydrogen) atoms. The highest BCUT2D eigenvalue weighted by molar-refractivity contribution is 6.04. The highest BCUT2D eigenvalue weighted by Crippen LogP contribution is 2.17. The Kier molecular flexibility index (Phi) is 5.88. The average molecular weight is 403 g/mol. The summed E-state index contributed by atoms with van der Waals surface area (Å²) in [6.07, 6.45) is 4.40. The second-order valence-electron chi connectivity index (χ2n) is 7.55. The second kappa shape index (κ2) is 8.90. The van der Waals surface area contributed by atoms with Crippen molar-refractivity contribution in [1.29, 1.82) is 0 Å². The topological polar surface area (TPSA) is 80.1 Å². The van der Waals surface area contributed by atoms with E-state index >= 15 is 0 Å². The van der Waals surface area contributed by atoms with E-state index in [4.69, 9.17) is 0 Å². The van der Waals surface area contributed by atoms with E-state index in [-0.39, 0.29) is 11.8 Å². The molecule has 1 aliphatic rings. The summed E-state index contributed by atoms with van der Waals surface area (Å²) in [5.74, 6) is 1.57. The van der Waals surface area contributed by atoms with Crippen molar-refractivity contribution in [3.8, 4) is 0 Å². The second-order valence-corrected chi connectivity index (χ2v) is 7.55. The lowest BCUT2D eigenvalue weighted by molar-refractivity contribution is 0.0779. The van der Waals surface area contributed by atoms with Gasteiger partial charge in [-0.15, -0.1) is 10.2 Å². The Bertz CT molecular complexity index is 1030. The minimum absolute atomic E-state index is 0.0955. The molecule has 7 heteroatoms. The van der Waals surface area contributed by atoms with Crippen molar-refractivity contribution >= 4 is 17.5 Å². The van der Waals surface area contributed by atoms with Gasteiger partial charge in [-0.05, 0) is 49.2 Å². The van der Waals surface area contributed by atoms with Crippen LogP contribution in [0.5, 0.6) is 0 Å². The molecule has 0 saturated carbocycles. The number of amides is 2. The predicted molar refractivity (Wildman–Crippen MR) is 114 cm³/mol. The van der Waals surface area contributed by atoms with Crippen LogP contribution in [-0.2, 0) is 19.5 Å². The van der Waals surface area contributed by atoms with Gasteiger partial charge in [0.2, 0.25) is 0 Å². The monoisotopic (exact) mass is 403 g/mol. The molecule has 3 aromatic rings. The van der Waals surface area contributed by atoms with E-state index in [0.717, 1.165) is 37.5 Å². The van der Waals surface area contributed by atoms with Gasteiger partial charge in [-0.3, -0.25) is 9.59 Å². The van der Waals surface area contributed by atoms with Gasteiger partial charge < -0.3 is 14.8 Å². The van der Waals surface area contributed by atoms with Crippen molar-refractivity contribution in [3.05, 3.63) is 77.4 Å². The molecule has 1 aromatic heterocycles. The number of carbonyl (C=O) groups excluding carboxylic acids is 2. The van der Waals surface area contributed by atoms with Crippen molar-refractivity contribution in [2.45, 2.75) is 38.8 Å². The van der Waals surface area contributed by atoms with Gasteiger partial charge in [0.25, 0.3) is 11.8 Å². The van der Waals surface area contributed by atoms with Gasteiger partial charge in [0.05, 0.1) is 6.54 Å². The molecular formula is C23H25N5O2. The number of nitrogens with zero attached hydrogens (tertiary/aromatic N) is 4. The Morgan fingerprint density at radius 1 is 0.967 bits per heavy atom. The van der Waals surface area contributed by atoms with Crippen molar-refractivity contribution in [1.82, 2.24) is 19.7 Å². The predicted octanol–water partition coefficient (Wildman–Crippen LogP) is 3.53. The molecule has 4 rings (SSSR count). The molecule has 7 nitrogen and oxygen atoms in total. The maximum absolute atomic E-state index is 12.8. The van der Waals surface area contributed by atoms with E-state index in [0.29, 0.717) is 23.4 Å². The minimum Gasteiger partial charge on any atom is -0.334 e. The van der Waals surface area contributed by atoms with E-state index in [2.05, 4.69) is 20.1 Å². The van der Waals surface area contributed by atoms with Crippen LogP contribution in [0.2, 0.25) is 0 Å². The number of anilines is 1. The van der Waals surface area contributed by atoms with E-state index in [9.17, 15) is 9.59 Å². The fourth-order valence-corrected chi connectivity index (χ4v) is 3.66. The summed E-state index contributed by atoms with van der Waals surface area (Å²) in [6.45, 7) is 1.33. The largest absolute Gasteiger partial charge is 0.334 e. The number of aryl methyl sites for hydroxylation is 1. The molecular weight excluding hydrogens is 378 g/mol. The molecule has 0 fully saturated rings. The maximum atomic E-state index is 12.8. The highest BCUT2D eigenvalue weighted by Gasteiger charge is 2.19. The molecule has 1 aliphatic heterocycles. The van der Waals surface area contributed by atoms with Crippen LogP contribution >= 0.6 is 0 Å². The third-order valence-corrected chi connectivity index (χ3v) is 5.34. The normalized spacial score (nSPS) is 13.2. The first-order chi connectivity index (χ1) is 14.6. The summed E-state index contributed by atoms with van der Waals surface area (Å²) in [7, 11) is 1.77. The first-order valence-electron chi connectivity index (χ1n) is 10.2. The summed E-state index contributed by atoms with van der Waals surface area (Å²) in [5.41, 5.74) is 1.79. The standard InChI is InChI=1S/C23H25N5O2/c1-27(16-21-26-25-20-10-6-3-7-15-28(20)21)23(30)18-11-13-19(14-12-18)24-22(29)17-8-4-2-5-9-17/h2,4-5,8-9,11-14H,3,6-7,10,15-16H2,1H3,(H,24,29). The number of hydrogen-bond donors (Lipinski definition) is 1. The fourth-order valence-electron chi connectivity index (χ4n) is 3.66. The van der Waals surface area contributed by atoms with E-state index in [1.807, 2.05) is 18.2 Å². The Balaban J connectivity index is 1.40. The zero-order valence-electron chi connectivity index (χ0n) is 17.0. The Labute approximate surface area is 175 Å². The number of nitrogens with one attached hydrogen (secondary N) is 1. The van der Waals surface area contributed by atoms with E-state index in [1.54, 1.807) is 48.3 Å². The van der Waals surface area contributed by atoms with Crippen LogP contribution in [0.1, 0.15) is 51.6 Å². The van der Waals surface area contributed by atoms with Crippen LogP contribution in [0.15, 0.2) is 54.6 Å². The lowest BCUT2D eigenvalue weighted by Gasteiger charge is -2.18. The smallest absolute Gasteiger partial charge is 0.255 e. The van der Waals surface area contributed by atoms with E-state index in [1.165, 1.54) is 6.42 Å². The molecule has 0 radical (unpaired) electrons. The Morgan fingerprint density at radius 3 is 2.50 bits per heavy atom. The molecule has 0 atom stereocenters. The van der Waals surface area contributed by atoms with Crippen LogP contribution < -0.4 is 5.32 Å². The summed E-state index contributed by atoms with van der Waals surface area (Å²) in [4.78, 5) is 26.8. The molecule has 2 amide bonds. The fraction of sp³-hybridized carbons (Fsp3) is 0.304. The molecule has 2 aromatic carbocycles. The van der Waals surface area contributed by atoms with Gasteiger partial charge in [0.1, 0.15) is 5.82 Å². The minimum atomic E-state index is -0.181. The van der Waals surface area contributed by atoms with Gasteiger partial charge in [-0.1, -0.05) is 24.6 Å². The molecule has 0 bridgehead atoms. The number of aromatic nitrogens is 3. The third-order valence-electron chi connectivity index (χ3n) is 5.34. The van der Waals surface area contributed by atoms with Crippen molar-refractivity contribution in [2.75, 3.05) is 12.4 Å². The Hall–Kier alpha value is -3.48. The molecule has 1 N–H and O–H groups in total. The van der Waals surface area contributed by atoms with Crippen molar-refractivity contribution < 1.29 is 9.59 Å². The summed E-state index contributed by atoms with van der Waals surface area (Å²) in [5, 5.41) is 11.4. The quantitative estimate of drug-likeness (QED) is 0.707. The number of fused-ring (bicyclic) bond motifs is 1. The molecule has 2 heterocycles. The lowest BCUT2D eigenvalue weighted by atomic mass is 10.1. The van der Waals surface area contributed by atoms with Gasteiger partial charge in [-0.25, -0.2) is 0 Å². The van der Waals surface area contributed by atoms with Crippen molar-refractivity contribution in [2.24, 2.45) is 0 Å². The lowest BCUT2D eigenvalue weighted by Crippen LogP contribution is -2.28. The summed E-state index contributed by atoms with van der Waals surface area (Å²) < 4.78 is 2.15. The number of hydrogen-bond acceptors (Lipinski definition) is 4. The third kappa shape index (κ3) is 4.40. The molecule has 0 aliphatic carbocycles. The van der Waals surface area contributed by atoms with Gasteiger partial charge >= 0.3 is 0 Å². The molecule has 154 valence electrons. The van der Waals surface area contributed by atoms with Crippen LogP contribution in [0.4, 0.5) is 5.69 Å². The summed E-state index contributed by atoms with van der Waals surface area (Å²) >= 11 is 0. The maximum Gasteiger partial charge on any atom is 0.255 e. The number of benzene rings is 2. The van der Waals surface area contributed by atoms with Gasteiger partial charge in [0, 0.05) is 36.8 Å². The van der Waals surface area contributed by atoms with Crippen LogP contribution in [0, 0.1) is 0 Å². The van der Waals surface area contributed by atoms with Crippen LogP contribution in [-0.4, -0.2) is 38.5 Å². The molecule has 0 saturated heterocycles. The first kappa shape index (κ1) is 19.8. The highest BCUT2D eigenvalue weighted by atomic mass is 16.2. The zero-order chi connectivity index (χ0) is 20.9. The van der Waals surface area contributed by atoms with Crippen molar-refractivity contribution in [3.63, 3.8) is 0 Å². The summed E-state index contributed by atoms with van der Waals surface area (Å²) in [6, 6.07) is 16.0. The van der Waals surface area contributed by atoms with Gasteiger partial charge in [-0.2, -0.15) is 0 Å². The average Bonchev–Trinajstić information content (AvgIpc) is 2.99. The van der Waals surface area contributed by atoms with E-state index < -0.39 is 0 Å². The number of rotatable bonds is 5. The zero-order valence-corrected chi connectivity index (χ0v) is 17.0. The van der Waals surface area contributed by atoms with Crippen LogP contribution in [0.25, 0.3) is 0 Å². The SMILES string of the molecule is CN(Cc1nnc2n1CCCCC2)C(=O)c1ccc(NC(=O)c2ccccc2)cc1. The molecule has 0 unspecified atom stereocenters. The van der Waals surface area contributed by atoms with Crippen LogP contribution in [0.3, 0.4) is 0 Å². The van der Waals surface area contributed by atoms with Gasteiger partial charge in [0.15, 0.2) is 5.82 Å². The Morgan fingerprint density at radius 2 is 1.73 bits per heavy atom. The number of carbonyl (C=O) groups is 2. The molecule has 0 spiro atoms.